The Balaban J connectivity index is 2.30. The number of allylic oxidation sites excluding steroid dienone is 2. The van der Waals surface area contributed by atoms with Crippen molar-refractivity contribution in [3.63, 3.8) is 0 Å². The topological polar surface area (TPSA) is 98.6 Å². The fourth-order valence-electron chi connectivity index (χ4n) is 1.99. The number of nitrogens with zero attached hydrogens (tertiary/aromatic N) is 5. The number of hydrogen-bond acceptors (Lipinski definition) is 4. The van der Waals surface area contributed by atoms with Gasteiger partial charge in [-0.15, -0.1) is 0 Å². The molecule has 2 aliphatic rings. The molecule has 2 amide bonds. The standard InChI is InChI=1S/C11H13N5O3/c1-3-19-11(18)15-5-4-7(2)6-8-9(13-14-12)10(17)16(8)15/h4-6,8-9H,3H2,1-2H3/t8-,9-/m0/s1. The van der Waals surface area contributed by atoms with Gasteiger partial charge < -0.3 is 4.74 Å². The predicted molar refractivity (Wildman–Crippen MR) is 65.3 cm³/mol. The zero-order valence-corrected chi connectivity index (χ0v) is 10.6. The number of ether oxygens (including phenoxy) is 1. The summed E-state index contributed by atoms with van der Waals surface area (Å²) in [5.74, 6) is -0.425. The number of β-lactam (4-membered cyclic amide) rings is 1. The van der Waals surface area contributed by atoms with Crippen molar-refractivity contribution in [1.29, 1.82) is 0 Å². The Morgan fingerprint density at radius 3 is 3.00 bits per heavy atom. The first kappa shape index (κ1) is 13.0. The third kappa shape index (κ3) is 2.13. The van der Waals surface area contributed by atoms with Crippen LogP contribution in [0.25, 0.3) is 10.4 Å². The summed E-state index contributed by atoms with van der Waals surface area (Å²) in [5.41, 5.74) is 9.32. The third-order valence-corrected chi connectivity index (χ3v) is 2.86. The molecule has 0 bridgehead atoms. The van der Waals surface area contributed by atoms with E-state index in [1.165, 1.54) is 11.2 Å². The maximum atomic E-state index is 11.9. The van der Waals surface area contributed by atoms with E-state index >= 15 is 0 Å². The van der Waals surface area contributed by atoms with Crippen molar-refractivity contribution in [2.75, 3.05) is 6.61 Å². The molecule has 2 heterocycles. The van der Waals surface area contributed by atoms with Crippen molar-refractivity contribution in [1.82, 2.24) is 10.0 Å². The molecule has 2 aliphatic heterocycles. The Hall–Kier alpha value is -2.47. The Bertz CT molecular complexity index is 520. The Labute approximate surface area is 109 Å². The largest absolute Gasteiger partial charge is 0.448 e. The monoisotopic (exact) mass is 263 g/mol. The van der Waals surface area contributed by atoms with Crippen molar-refractivity contribution in [2.45, 2.75) is 25.9 Å². The van der Waals surface area contributed by atoms with Crippen LogP contribution in [-0.2, 0) is 9.53 Å². The van der Waals surface area contributed by atoms with Crippen molar-refractivity contribution in [3.05, 3.63) is 34.4 Å². The average molecular weight is 263 g/mol. The van der Waals surface area contributed by atoms with E-state index in [0.717, 1.165) is 10.6 Å². The molecule has 0 aromatic carbocycles. The van der Waals surface area contributed by atoms with E-state index in [4.69, 9.17) is 10.3 Å². The molecule has 0 saturated carbocycles. The summed E-state index contributed by atoms with van der Waals surface area (Å²) in [6, 6.07) is -1.26. The van der Waals surface area contributed by atoms with Gasteiger partial charge in [-0.3, -0.25) is 4.79 Å². The number of hydrazine groups is 1. The molecular weight excluding hydrogens is 250 g/mol. The molecule has 2 atom stereocenters. The predicted octanol–water partition coefficient (Wildman–Crippen LogP) is 1.72. The molecule has 0 aliphatic carbocycles. The number of hydrogen-bond donors (Lipinski definition) is 0. The van der Waals surface area contributed by atoms with Crippen LogP contribution in [0.1, 0.15) is 13.8 Å². The number of azide groups is 1. The fraction of sp³-hybridized carbons (Fsp3) is 0.455. The van der Waals surface area contributed by atoms with Crippen LogP contribution >= 0.6 is 0 Å². The lowest BCUT2D eigenvalue weighted by Gasteiger charge is -2.46. The second kappa shape index (κ2) is 5.03. The van der Waals surface area contributed by atoms with Crippen LogP contribution in [0.2, 0.25) is 0 Å². The molecule has 19 heavy (non-hydrogen) atoms. The van der Waals surface area contributed by atoms with Gasteiger partial charge in [-0.1, -0.05) is 16.8 Å². The van der Waals surface area contributed by atoms with Crippen LogP contribution in [-0.4, -0.2) is 40.7 Å². The van der Waals surface area contributed by atoms with Gasteiger partial charge in [-0.2, -0.15) is 5.01 Å². The van der Waals surface area contributed by atoms with Crippen LogP contribution in [0.15, 0.2) is 29.0 Å². The highest BCUT2D eigenvalue weighted by atomic mass is 16.6. The van der Waals surface area contributed by atoms with Crippen LogP contribution < -0.4 is 0 Å². The maximum Gasteiger partial charge on any atom is 0.433 e. The summed E-state index contributed by atoms with van der Waals surface area (Å²) in [6.45, 7) is 3.72. The van der Waals surface area contributed by atoms with Gasteiger partial charge in [0.25, 0.3) is 5.91 Å². The van der Waals surface area contributed by atoms with Crippen molar-refractivity contribution in [3.8, 4) is 0 Å². The molecule has 0 N–H and O–H groups in total. The smallest absolute Gasteiger partial charge is 0.433 e. The quantitative estimate of drug-likeness (QED) is 0.328. The fourth-order valence-corrected chi connectivity index (χ4v) is 1.99. The first-order valence-corrected chi connectivity index (χ1v) is 5.80. The van der Waals surface area contributed by atoms with E-state index in [2.05, 4.69) is 10.0 Å². The van der Waals surface area contributed by atoms with Gasteiger partial charge in [0, 0.05) is 11.1 Å². The van der Waals surface area contributed by atoms with Gasteiger partial charge in [-0.05, 0) is 25.5 Å². The molecular formula is C11H13N5O3. The van der Waals surface area contributed by atoms with Crippen LogP contribution in [0.4, 0.5) is 4.79 Å². The molecule has 1 saturated heterocycles. The molecule has 0 aromatic rings. The minimum Gasteiger partial charge on any atom is -0.448 e. The normalized spacial score (nSPS) is 24.7. The summed E-state index contributed by atoms with van der Waals surface area (Å²) in [4.78, 5) is 26.4. The molecule has 0 aromatic heterocycles. The van der Waals surface area contributed by atoms with E-state index in [1.54, 1.807) is 19.1 Å². The summed E-state index contributed by atoms with van der Waals surface area (Å²) in [6.07, 6.45) is 4.29. The van der Waals surface area contributed by atoms with E-state index in [0.29, 0.717) is 0 Å². The SMILES string of the molecule is CCOC(=O)N1C=CC(C)=C[C@H]2[C@H](N=[N+]=[N-])C(=O)N21. The van der Waals surface area contributed by atoms with Gasteiger partial charge in [0.15, 0.2) is 0 Å². The zero-order valence-electron chi connectivity index (χ0n) is 10.6. The van der Waals surface area contributed by atoms with Crippen molar-refractivity contribution in [2.24, 2.45) is 5.11 Å². The minimum atomic E-state index is -0.809. The summed E-state index contributed by atoms with van der Waals surface area (Å²) < 4.78 is 4.88. The summed E-state index contributed by atoms with van der Waals surface area (Å²) in [5, 5.41) is 5.78. The highest BCUT2D eigenvalue weighted by Gasteiger charge is 2.50. The van der Waals surface area contributed by atoms with Gasteiger partial charge in [0.2, 0.25) is 0 Å². The number of amides is 2. The average Bonchev–Trinajstić information content (AvgIpc) is 2.53. The zero-order chi connectivity index (χ0) is 14.0. The molecule has 2 rings (SSSR count). The second-order valence-corrected chi connectivity index (χ2v) is 4.09. The number of fused-ring (bicyclic) bond motifs is 1. The van der Waals surface area contributed by atoms with Gasteiger partial charge in [0.1, 0.15) is 6.04 Å². The lowest BCUT2D eigenvalue weighted by molar-refractivity contribution is -0.165. The first-order chi connectivity index (χ1) is 9.10. The van der Waals surface area contributed by atoms with Gasteiger partial charge in [0.05, 0.1) is 12.6 Å². The van der Waals surface area contributed by atoms with E-state index in [1.807, 2.05) is 6.92 Å². The number of carbonyl (C=O) groups is 2. The summed E-state index contributed by atoms with van der Waals surface area (Å²) >= 11 is 0. The van der Waals surface area contributed by atoms with E-state index in [-0.39, 0.29) is 6.61 Å². The maximum absolute atomic E-state index is 11.9. The summed E-state index contributed by atoms with van der Waals surface area (Å²) in [7, 11) is 0. The van der Waals surface area contributed by atoms with Crippen LogP contribution in [0, 0.1) is 0 Å². The first-order valence-electron chi connectivity index (χ1n) is 5.80. The lowest BCUT2D eigenvalue weighted by Crippen LogP contribution is -2.68. The van der Waals surface area contributed by atoms with Gasteiger partial charge in [-0.25, -0.2) is 9.80 Å². The molecule has 0 spiro atoms. The van der Waals surface area contributed by atoms with E-state index in [9.17, 15) is 9.59 Å². The number of carbonyl (C=O) groups excluding carboxylic acids is 2. The highest BCUT2D eigenvalue weighted by Crippen LogP contribution is 2.30. The number of rotatable bonds is 2. The van der Waals surface area contributed by atoms with Crippen LogP contribution in [0.3, 0.4) is 0 Å². The molecule has 100 valence electrons. The molecule has 8 heteroatoms. The molecule has 8 nitrogen and oxygen atoms in total. The molecule has 0 unspecified atom stereocenters. The Kier molecular flexibility index (Phi) is 3.43. The van der Waals surface area contributed by atoms with Crippen LogP contribution in [0.5, 0.6) is 0 Å². The Morgan fingerprint density at radius 1 is 1.63 bits per heavy atom. The van der Waals surface area contributed by atoms with Crippen molar-refractivity contribution >= 4 is 12.0 Å². The van der Waals surface area contributed by atoms with Gasteiger partial charge >= 0.3 is 6.09 Å². The Morgan fingerprint density at radius 2 is 2.37 bits per heavy atom. The lowest BCUT2D eigenvalue weighted by atomic mass is 9.96. The van der Waals surface area contributed by atoms with E-state index < -0.39 is 24.1 Å². The highest BCUT2D eigenvalue weighted by molar-refractivity contribution is 5.92. The third-order valence-electron chi connectivity index (χ3n) is 2.86. The minimum absolute atomic E-state index is 0.210. The molecule has 0 radical (unpaired) electrons. The second-order valence-electron chi connectivity index (χ2n) is 4.09. The molecule has 1 fully saturated rings. The van der Waals surface area contributed by atoms with Crippen molar-refractivity contribution < 1.29 is 14.3 Å².